The van der Waals surface area contributed by atoms with Gasteiger partial charge in [-0.1, -0.05) is 18.2 Å². The highest BCUT2D eigenvalue weighted by molar-refractivity contribution is 5.75. The molecule has 0 saturated heterocycles. The first-order chi connectivity index (χ1) is 10.7. The van der Waals surface area contributed by atoms with E-state index in [1.807, 2.05) is 34.9 Å². The van der Waals surface area contributed by atoms with E-state index in [2.05, 4.69) is 15.5 Å². The molecule has 0 aliphatic rings. The third-order valence-corrected chi connectivity index (χ3v) is 3.14. The fourth-order valence-electron chi connectivity index (χ4n) is 2.01. The fourth-order valence-corrected chi connectivity index (χ4v) is 2.01. The topological polar surface area (TPSA) is 97.1 Å². The molecule has 2 N–H and O–H groups in total. The number of benzene rings is 1. The maximum atomic E-state index is 11.7. The molecule has 2 rings (SSSR count). The number of nitrogens with zero attached hydrogens (tertiary/aromatic N) is 3. The van der Waals surface area contributed by atoms with E-state index in [9.17, 15) is 9.59 Å². The molecule has 7 heteroatoms. The number of unbranched alkanes of at least 4 members (excludes halogenated alkanes) is 1. The molecule has 0 saturated carbocycles. The van der Waals surface area contributed by atoms with Crippen LogP contribution in [0.25, 0.3) is 5.69 Å². The molecule has 1 amide bonds. The highest BCUT2D eigenvalue weighted by atomic mass is 16.4. The molecule has 1 aromatic carbocycles. The zero-order valence-corrected chi connectivity index (χ0v) is 12.1. The van der Waals surface area contributed by atoms with Gasteiger partial charge in [0.05, 0.1) is 6.54 Å². The standard InChI is InChI=1S/C15H18N4O3/c20-14(8-4-5-9-15(21)22)16-10-13-18-17-11-19(13)12-6-2-1-3-7-12/h1-3,6-7,11H,4-5,8-10H2,(H,16,20)(H,21,22). The van der Waals surface area contributed by atoms with Crippen LogP contribution in [-0.2, 0) is 16.1 Å². The maximum Gasteiger partial charge on any atom is 0.303 e. The van der Waals surface area contributed by atoms with Crippen molar-refractivity contribution in [2.24, 2.45) is 0 Å². The summed E-state index contributed by atoms with van der Waals surface area (Å²) in [6.45, 7) is 0.284. The average Bonchev–Trinajstić information content (AvgIpc) is 2.99. The normalized spacial score (nSPS) is 10.4. The van der Waals surface area contributed by atoms with Crippen molar-refractivity contribution in [1.29, 1.82) is 0 Å². The van der Waals surface area contributed by atoms with Crippen LogP contribution in [-0.4, -0.2) is 31.7 Å². The lowest BCUT2D eigenvalue weighted by Gasteiger charge is -2.07. The second-order valence-corrected chi connectivity index (χ2v) is 4.83. The number of nitrogens with one attached hydrogen (secondary N) is 1. The summed E-state index contributed by atoms with van der Waals surface area (Å²) in [5, 5.41) is 19.2. The van der Waals surface area contributed by atoms with Crippen LogP contribution in [0.5, 0.6) is 0 Å². The van der Waals surface area contributed by atoms with E-state index in [4.69, 9.17) is 5.11 Å². The predicted octanol–water partition coefficient (Wildman–Crippen LogP) is 1.53. The van der Waals surface area contributed by atoms with Crippen LogP contribution in [0.2, 0.25) is 0 Å². The molecule has 0 unspecified atom stereocenters. The minimum Gasteiger partial charge on any atom is -0.481 e. The largest absolute Gasteiger partial charge is 0.481 e. The van der Waals surface area contributed by atoms with Crippen molar-refractivity contribution >= 4 is 11.9 Å². The maximum absolute atomic E-state index is 11.7. The zero-order chi connectivity index (χ0) is 15.8. The summed E-state index contributed by atoms with van der Waals surface area (Å²) in [7, 11) is 0. The molecule has 2 aromatic rings. The second-order valence-electron chi connectivity index (χ2n) is 4.83. The second kappa shape index (κ2) is 7.92. The number of rotatable bonds is 8. The summed E-state index contributed by atoms with van der Waals surface area (Å²) in [5.74, 6) is -0.311. The lowest BCUT2D eigenvalue weighted by molar-refractivity contribution is -0.137. The van der Waals surface area contributed by atoms with E-state index in [0.29, 0.717) is 25.1 Å². The van der Waals surface area contributed by atoms with Gasteiger partial charge in [0.15, 0.2) is 5.82 Å². The van der Waals surface area contributed by atoms with Crippen LogP contribution in [0.1, 0.15) is 31.5 Å². The Hall–Kier alpha value is -2.70. The number of para-hydroxylation sites is 1. The quantitative estimate of drug-likeness (QED) is 0.721. The Morgan fingerprint density at radius 2 is 1.86 bits per heavy atom. The summed E-state index contributed by atoms with van der Waals surface area (Å²) in [6.07, 6.45) is 3.07. The van der Waals surface area contributed by atoms with E-state index in [1.165, 1.54) is 0 Å². The molecule has 7 nitrogen and oxygen atoms in total. The van der Waals surface area contributed by atoms with Gasteiger partial charge >= 0.3 is 5.97 Å². The van der Waals surface area contributed by atoms with Crippen molar-refractivity contribution in [1.82, 2.24) is 20.1 Å². The third kappa shape index (κ3) is 4.69. The van der Waals surface area contributed by atoms with E-state index in [-0.39, 0.29) is 18.9 Å². The molecular weight excluding hydrogens is 284 g/mol. The monoisotopic (exact) mass is 302 g/mol. The number of carboxylic acid groups (broad SMARTS) is 1. The third-order valence-electron chi connectivity index (χ3n) is 3.14. The first-order valence-corrected chi connectivity index (χ1v) is 7.09. The Morgan fingerprint density at radius 1 is 1.14 bits per heavy atom. The van der Waals surface area contributed by atoms with Crippen molar-refractivity contribution in [2.45, 2.75) is 32.2 Å². The lowest BCUT2D eigenvalue weighted by Crippen LogP contribution is -2.24. The summed E-state index contributed by atoms with van der Waals surface area (Å²) in [6, 6.07) is 9.62. The number of carbonyl (C=O) groups excluding carboxylic acids is 1. The summed E-state index contributed by atoms with van der Waals surface area (Å²) in [5.41, 5.74) is 0.929. The van der Waals surface area contributed by atoms with Crippen LogP contribution in [0.3, 0.4) is 0 Å². The molecule has 0 aliphatic carbocycles. The molecule has 0 bridgehead atoms. The van der Waals surface area contributed by atoms with Gasteiger partial charge in [-0.2, -0.15) is 0 Å². The van der Waals surface area contributed by atoms with Crippen LogP contribution >= 0.6 is 0 Å². The Bertz CT molecular complexity index is 625. The number of carboxylic acids is 1. The van der Waals surface area contributed by atoms with Gasteiger partial charge in [-0.05, 0) is 25.0 Å². The van der Waals surface area contributed by atoms with E-state index in [0.717, 1.165) is 5.69 Å². The van der Waals surface area contributed by atoms with E-state index >= 15 is 0 Å². The SMILES string of the molecule is O=C(O)CCCCC(=O)NCc1nncn1-c1ccccc1. The van der Waals surface area contributed by atoms with Gasteiger partial charge in [0, 0.05) is 18.5 Å². The Labute approximate surface area is 128 Å². The highest BCUT2D eigenvalue weighted by Crippen LogP contribution is 2.08. The van der Waals surface area contributed by atoms with Crippen molar-refractivity contribution < 1.29 is 14.7 Å². The van der Waals surface area contributed by atoms with Gasteiger partial charge in [0.2, 0.25) is 5.91 Å². The number of carbonyl (C=O) groups is 2. The molecule has 0 atom stereocenters. The van der Waals surface area contributed by atoms with Gasteiger partial charge in [-0.3, -0.25) is 14.2 Å². The Morgan fingerprint density at radius 3 is 2.59 bits per heavy atom. The molecule has 0 radical (unpaired) electrons. The zero-order valence-electron chi connectivity index (χ0n) is 12.1. The van der Waals surface area contributed by atoms with Crippen LogP contribution in [0.15, 0.2) is 36.7 Å². The number of hydrogen-bond donors (Lipinski definition) is 2. The molecule has 116 valence electrons. The van der Waals surface area contributed by atoms with E-state index in [1.54, 1.807) is 6.33 Å². The van der Waals surface area contributed by atoms with Crippen molar-refractivity contribution in [3.05, 3.63) is 42.5 Å². The Kier molecular flexibility index (Phi) is 5.65. The van der Waals surface area contributed by atoms with Crippen molar-refractivity contribution in [2.75, 3.05) is 0 Å². The molecule has 0 fully saturated rings. The van der Waals surface area contributed by atoms with Gasteiger partial charge in [0.25, 0.3) is 0 Å². The van der Waals surface area contributed by atoms with Gasteiger partial charge in [0.1, 0.15) is 6.33 Å². The van der Waals surface area contributed by atoms with Crippen molar-refractivity contribution in [3.63, 3.8) is 0 Å². The molecule has 1 aromatic heterocycles. The minimum absolute atomic E-state index is 0.0929. The molecule has 1 heterocycles. The average molecular weight is 302 g/mol. The number of hydrogen-bond acceptors (Lipinski definition) is 4. The lowest BCUT2D eigenvalue weighted by atomic mass is 10.2. The summed E-state index contributed by atoms with van der Waals surface area (Å²) in [4.78, 5) is 22.1. The number of aliphatic carboxylic acids is 1. The first kappa shape index (κ1) is 15.7. The van der Waals surface area contributed by atoms with Crippen molar-refractivity contribution in [3.8, 4) is 5.69 Å². The van der Waals surface area contributed by atoms with Crippen LogP contribution < -0.4 is 5.32 Å². The minimum atomic E-state index is -0.837. The highest BCUT2D eigenvalue weighted by Gasteiger charge is 2.08. The molecule has 22 heavy (non-hydrogen) atoms. The van der Waals surface area contributed by atoms with E-state index < -0.39 is 5.97 Å². The first-order valence-electron chi connectivity index (χ1n) is 7.09. The molecule has 0 aliphatic heterocycles. The summed E-state index contributed by atoms with van der Waals surface area (Å²) >= 11 is 0. The van der Waals surface area contributed by atoms with Crippen LogP contribution in [0.4, 0.5) is 0 Å². The van der Waals surface area contributed by atoms with Gasteiger partial charge in [-0.15, -0.1) is 10.2 Å². The fraction of sp³-hybridized carbons (Fsp3) is 0.333. The molecular formula is C15H18N4O3. The van der Waals surface area contributed by atoms with Gasteiger partial charge in [-0.25, -0.2) is 0 Å². The van der Waals surface area contributed by atoms with Gasteiger partial charge < -0.3 is 10.4 Å². The number of aromatic nitrogens is 3. The number of amides is 1. The Balaban J connectivity index is 1.81. The summed E-state index contributed by atoms with van der Waals surface area (Å²) < 4.78 is 1.81. The van der Waals surface area contributed by atoms with Crippen LogP contribution in [0, 0.1) is 0 Å². The predicted molar refractivity (Wildman–Crippen MR) is 79.3 cm³/mol. The molecule has 0 spiro atoms. The smallest absolute Gasteiger partial charge is 0.303 e.